The number of hydrogen-bond donors (Lipinski definition) is 0. The molecule has 21 heavy (non-hydrogen) atoms. The third-order valence-corrected chi connectivity index (χ3v) is 3.82. The van der Waals surface area contributed by atoms with Crippen LogP contribution in [0, 0.1) is 11.3 Å². The van der Waals surface area contributed by atoms with Crippen molar-refractivity contribution in [2.24, 2.45) is 0 Å². The number of alkyl halides is 2. The summed E-state index contributed by atoms with van der Waals surface area (Å²) >= 11 is 0. The smallest absolute Gasteiger partial charge is 0.269 e. The van der Waals surface area contributed by atoms with Crippen LogP contribution in [0.25, 0.3) is 10.9 Å². The fraction of sp³-hybridized carbons (Fsp3) is 0.375. The van der Waals surface area contributed by atoms with Gasteiger partial charge < -0.3 is 4.57 Å². The van der Waals surface area contributed by atoms with Gasteiger partial charge in [0, 0.05) is 0 Å². The molecule has 0 aliphatic heterocycles. The van der Waals surface area contributed by atoms with E-state index in [0.29, 0.717) is 10.9 Å². The van der Waals surface area contributed by atoms with Crippen molar-refractivity contribution in [1.82, 2.24) is 4.57 Å². The molecule has 1 heterocycles. The maximum Gasteiger partial charge on any atom is 0.269 e. The molecule has 2 rings (SSSR count). The number of nitrogens with zero attached hydrogens (tertiary/aromatic N) is 2. The van der Waals surface area contributed by atoms with Crippen LogP contribution >= 0.6 is 0 Å². The first-order chi connectivity index (χ1) is 9.67. The van der Waals surface area contributed by atoms with E-state index in [2.05, 4.69) is 0 Å². The van der Waals surface area contributed by atoms with Crippen LogP contribution in [0.1, 0.15) is 26.3 Å². The predicted molar refractivity (Wildman–Crippen MR) is 77.6 cm³/mol. The van der Waals surface area contributed by atoms with Crippen molar-refractivity contribution in [2.75, 3.05) is 0 Å². The Balaban J connectivity index is 2.71. The molecule has 0 saturated heterocycles. The minimum atomic E-state index is -2.24. The van der Waals surface area contributed by atoms with Gasteiger partial charge in [0.1, 0.15) is 17.3 Å². The Hall–Kier alpha value is -2.22. The summed E-state index contributed by atoms with van der Waals surface area (Å²) in [4.78, 5) is 12.3. The van der Waals surface area contributed by atoms with E-state index in [0.717, 1.165) is 25.3 Å². The zero-order chi connectivity index (χ0) is 15.8. The molecule has 1 aromatic heterocycles. The molecule has 0 aliphatic carbocycles. The number of benzene rings is 1. The van der Waals surface area contributed by atoms with Gasteiger partial charge in [-0.05, 0) is 38.3 Å². The van der Waals surface area contributed by atoms with E-state index in [1.807, 2.05) is 0 Å². The first-order valence-corrected chi connectivity index (χ1v) is 6.58. The predicted octanol–water partition coefficient (Wildman–Crippen LogP) is 3.35. The molecule has 2 aromatic rings. The Morgan fingerprint density at radius 1 is 1.24 bits per heavy atom. The number of para-hydroxylation sites is 1. The Labute approximate surface area is 121 Å². The molecule has 110 valence electrons. The average Bonchev–Trinajstić information content (AvgIpc) is 2.40. The lowest BCUT2D eigenvalue weighted by molar-refractivity contribution is -0.0131. The summed E-state index contributed by atoms with van der Waals surface area (Å²) in [6.45, 7) is 2.93. The lowest BCUT2D eigenvalue weighted by Gasteiger charge is -2.31. The largest absolute Gasteiger partial charge is 0.304 e. The second-order valence-electron chi connectivity index (χ2n) is 5.79. The van der Waals surface area contributed by atoms with Gasteiger partial charge in [-0.25, -0.2) is 8.78 Å². The van der Waals surface area contributed by atoms with Crippen molar-refractivity contribution in [3.63, 3.8) is 0 Å². The minimum Gasteiger partial charge on any atom is -0.304 e. The Morgan fingerprint density at radius 2 is 1.86 bits per heavy atom. The first-order valence-electron chi connectivity index (χ1n) is 6.58. The molecular formula is C16H16F2N2O. The van der Waals surface area contributed by atoms with Crippen LogP contribution in [0.5, 0.6) is 0 Å². The number of nitriles is 1. The zero-order valence-corrected chi connectivity index (χ0v) is 12.2. The molecule has 0 aliphatic rings. The molecule has 0 radical (unpaired) electrons. The SMILES string of the molecule is CC(C)(F)C(C)(F)Cn1c(=O)c(C#N)cc2ccccc21. The summed E-state index contributed by atoms with van der Waals surface area (Å²) in [5, 5.41) is 9.67. The minimum absolute atomic E-state index is 0.0823. The molecule has 1 atom stereocenters. The van der Waals surface area contributed by atoms with Crippen molar-refractivity contribution in [3.05, 3.63) is 46.2 Å². The van der Waals surface area contributed by atoms with Gasteiger partial charge in [-0.3, -0.25) is 4.79 Å². The highest BCUT2D eigenvalue weighted by Gasteiger charge is 2.42. The monoisotopic (exact) mass is 290 g/mol. The summed E-state index contributed by atoms with van der Waals surface area (Å²) in [5.41, 5.74) is -4.57. The molecule has 1 unspecified atom stereocenters. The quantitative estimate of drug-likeness (QED) is 0.870. The topological polar surface area (TPSA) is 45.8 Å². The summed E-state index contributed by atoms with van der Waals surface area (Å²) in [5.74, 6) is 0. The fourth-order valence-electron chi connectivity index (χ4n) is 2.05. The van der Waals surface area contributed by atoms with Crippen molar-refractivity contribution in [3.8, 4) is 6.07 Å². The maximum atomic E-state index is 14.6. The number of aromatic nitrogens is 1. The van der Waals surface area contributed by atoms with Crippen LogP contribution in [0.4, 0.5) is 8.78 Å². The molecule has 0 saturated carbocycles. The van der Waals surface area contributed by atoms with Gasteiger partial charge in [0.2, 0.25) is 0 Å². The van der Waals surface area contributed by atoms with Crippen LogP contribution < -0.4 is 5.56 Å². The lowest BCUT2D eigenvalue weighted by Crippen LogP contribution is -2.46. The molecule has 3 nitrogen and oxygen atoms in total. The molecule has 1 aromatic carbocycles. The molecule has 0 bridgehead atoms. The van der Waals surface area contributed by atoms with E-state index < -0.39 is 23.4 Å². The average molecular weight is 290 g/mol. The van der Waals surface area contributed by atoms with Crippen molar-refractivity contribution < 1.29 is 8.78 Å². The Morgan fingerprint density at radius 3 is 2.43 bits per heavy atom. The summed E-state index contributed by atoms with van der Waals surface area (Å²) in [6.07, 6.45) is 0. The molecule has 0 amide bonds. The fourth-order valence-corrected chi connectivity index (χ4v) is 2.05. The van der Waals surface area contributed by atoms with Crippen LogP contribution in [-0.4, -0.2) is 15.9 Å². The standard InChI is InChI=1S/C16H16F2N2O/c1-15(2,17)16(3,18)10-20-13-7-5-4-6-11(13)8-12(9-19)14(20)21/h4-8H,10H2,1-3H3. The van der Waals surface area contributed by atoms with Gasteiger partial charge in [0.25, 0.3) is 5.56 Å². The highest BCUT2D eigenvalue weighted by molar-refractivity contribution is 5.80. The van der Waals surface area contributed by atoms with Crippen LogP contribution in [0.2, 0.25) is 0 Å². The second kappa shape index (κ2) is 4.96. The van der Waals surface area contributed by atoms with Crippen LogP contribution in [-0.2, 0) is 6.54 Å². The number of hydrogen-bond acceptors (Lipinski definition) is 2. The summed E-state index contributed by atoms with van der Waals surface area (Å²) in [6, 6.07) is 10.1. The highest BCUT2D eigenvalue weighted by atomic mass is 19.2. The van der Waals surface area contributed by atoms with Crippen molar-refractivity contribution in [1.29, 1.82) is 5.26 Å². The van der Waals surface area contributed by atoms with E-state index in [1.54, 1.807) is 30.3 Å². The van der Waals surface area contributed by atoms with Crippen LogP contribution in [0.15, 0.2) is 35.1 Å². The number of rotatable bonds is 3. The third kappa shape index (κ3) is 2.66. The van der Waals surface area contributed by atoms with Crippen molar-refractivity contribution in [2.45, 2.75) is 38.7 Å². The third-order valence-electron chi connectivity index (χ3n) is 3.82. The molecular weight excluding hydrogens is 274 g/mol. The van der Waals surface area contributed by atoms with Gasteiger partial charge in [-0.2, -0.15) is 5.26 Å². The number of pyridine rings is 1. The van der Waals surface area contributed by atoms with E-state index in [-0.39, 0.29) is 5.56 Å². The van der Waals surface area contributed by atoms with Crippen molar-refractivity contribution >= 4 is 10.9 Å². The summed E-state index contributed by atoms with van der Waals surface area (Å²) in [7, 11) is 0. The lowest BCUT2D eigenvalue weighted by atomic mass is 9.91. The highest BCUT2D eigenvalue weighted by Crippen LogP contribution is 2.31. The van der Waals surface area contributed by atoms with Gasteiger partial charge in [0.05, 0.1) is 12.1 Å². The molecule has 0 spiro atoms. The normalized spacial score (nSPS) is 14.7. The molecule has 0 N–H and O–H groups in total. The number of halogens is 2. The van der Waals surface area contributed by atoms with Gasteiger partial charge in [0.15, 0.2) is 5.67 Å². The Kier molecular flexibility index (Phi) is 3.58. The van der Waals surface area contributed by atoms with E-state index >= 15 is 0 Å². The van der Waals surface area contributed by atoms with E-state index in [9.17, 15) is 13.6 Å². The Bertz CT molecular complexity index is 779. The van der Waals surface area contributed by atoms with Gasteiger partial charge in [-0.15, -0.1) is 0 Å². The maximum absolute atomic E-state index is 14.6. The van der Waals surface area contributed by atoms with Crippen LogP contribution in [0.3, 0.4) is 0 Å². The second-order valence-corrected chi connectivity index (χ2v) is 5.79. The molecule has 0 fully saturated rings. The van der Waals surface area contributed by atoms with E-state index in [1.165, 1.54) is 6.07 Å². The number of fused-ring (bicyclic) bond motifs is 1. The first kappa shape index (κ1) is 15.2. The van der Waals surface area contributed by atoms with Gasteiger partial charge in [-0.1, -0.05) is 18.2 Å². The van der Waals surface area contributed by atoms with E-state index in [4.69, 9.17) is 5.26 Å². The zero-order valence-electron chi connectivity index (χ0n) is 12.2. The summed E-state index contributed by atoms with van der Waals surface area (Å²) < 4.78 is 29.8. The van der Waals surface area contributed by atoms with Gasteiger partial charge >= 0.3 is 0 Å². The molecule has 5 heteroatoms.